The van der Waals surface area contributed by atoms with Gasteiger partial charge in [-0.05, 0) is 18.8 Å². The predicted octanol–water partition coefficient (Wildman–Crippen LogP) is 1.35. The molecular weight excluding hydrogens is 264 g/mol. The van der Waals surface area contributed by atoms with Crippen LogP contribution in [-0.4, -0.2) is 40.0 Å². The van der Waals surface area contributed by atoms with Crippen molar-refractivity contribution in [2.24, 2.45) is 5.92 Å². The number of nitrogens with zero attached hydrogens (tertiary/aromatic N) is 3. The molecule has 0 aromatic carbocycles. The van der Waals surface area contributed by atoms with E-state index in [1.165, 1.54) is 5.69 Å². The molecular formula is C16H26N4O. The van der Waals surface area contributed by atoms with Gasteiger partial charge in [-0.1, -0.05) is 13.8 Å². The zero-order valence-corrected chi connectivity index (χ0v) is 13.2. The van der Waals surface area contributed by atoms with Crippen LogP contribution >= 0.6 is 0 Å². The molecule has 21 heavy (non-hydrogen) atoms. The summed E-state index contributed by atoms with van der Waals surface area (Å²) in [5.74, 6) is 1.91. The summed E-state index contributed by atoms with van der Waals surface area (Å²) in [4.78, 5) is 19.3. The lowest BCUT2D eigenvalue weighted by atomic mass is 10.1. The highest BCUT2D eigenvalue weighted by molar-refractivity contribution is 5.76. The van der Waals surface area contributed by atoms with E-state index in [1.54, 1.807) is 0 Å². The second-order valence-corrected chi connectivity index (χ2v) is 6.62. The number of rotatable bonds is 4. The molecule has 116 valence electrons. The zero-order chi connectivity index (χ0) is 14.8. The lowest BCUT2D eigenvalue weighted by Gasteiger charge is -2.20. The molecule has 0 unspecified atom stereocenters. The van der Waals surface area contributed by atoms with Crippen LogP contribution < -0.4 is 5.32 Å². The topological polar surface area (TPSA) is 50.2 Å². The first-order valence-corrected chi connectivity index (χ1v) is 8.21. The van der Waals surface area contributed by atoms with Crippen molar-refractivity contribution in [2.75, 3.05) is 19.6 Å². The maximum absolute atomic E-state index is 12.5. The summed E-state index contributed by atoms with van der Waals surface area (Å²) in [5, 5.41) is 3.37. The highest BCUT2D eigenvalue weighted by Gasteiger charge is 2.24. The number of aromatic nitrogens is 2. The summed E-state index contributed by atoms with van der Waals surface area (Å²) in [6.45, 7) is 8.57. The van der Waals surface area contributed by atoms with Gasteiger partial charge in [0.1, 0.15) is 12.4 Å². The number of carbonyl (C=O) groups is 1. The van der Waals surface area contributed by atoms with Gasteiger partial charge >= 0.3 is 0 Å². The lowest BCUT2D eigenvalue weighted by Crippen LogP contribution is -2.33. The van der Waals surface area contributed by atoms with Crippen molar-refractivity contribution in [2.45, 2.75) is 52.6 Å². The standard InChI is InChI=1S/C16H26N4O/c1-12(2)9-15-18-13-10-17-6-5-14(13)20(15)11-16(21)19-7-3-4-8-19/h12,17H,3-11H2,1-2H3. The average Bonchev–Trinajstić information content (AvgIpc) is 3.07. The van der Waals surface area contributed by atoms with Crippen molar-refractivity contribution < 1.29 is 4.79 Å². The number of hydrogen-bond acceptors (Lipinski definition) is 3. The van der Waals surface area contributed by atoms with E-state index in [0.29, 0.717) is 12.5 Å². The molecule has 5 heteroatoms. The highest BCUT2D eigenvalue weighted by atomic mass is 16.2. The molecule has 3 rings (SSSR count). The summed E-state index contributed by atoms with van der Waals surface area (Å²) in [5.41, 5.74) is 2.42. The second-order valence-electron chi connectivity index (χ2n) is 6.62. The quantitative estimate of drug-likeness (QED) is 0.910. The maximum Gasteiger partial charge on any atom is 0.242 e. The number of imidazole rings is 1. The summed E-state index contributed by atoms with van der Waals surface area (Å²) < 4.78 is 2.21. The third-order valence-electron chi connectivity index (χ3n) is 4.41. The third-order valence-corrected chi connectivity index (χ3v) is 4.41. The van der Waals surface area contributed by atoms with Gasteiger partial charge in [0.05, 0.1) is 5.69 Å². The van der Waals surface area contributed by atoms with Gasteiger partial charge in [0.2, 0.25) is 5.91 Å². The number of fused-ring (bicyclic) bond motifs is 1. The van der Waals surface area contributed by atoms with E-state index >= 15 is 0 Å². The van der Waals surface area contributed by atoms with Crippen LogP contribution in [0.5, 0.6) is 0 Å². The van der Waals surface area contributed by atoms with Gasteiger partial charge in [0.25, 0.3) is 0 Å². The van der Waals surface area contributed by atoms with Gasteiger partial charge in [-0.3, -0.25) is 4.79 Å². The third kappa shape index (κ3) is 3.12. The normalized spacial score (nSPS) is 18.3. The summed E-state index contributed by atoms with van der Waals surface area (Å²) in [7, 11) is 0. The van der Waals surface area contributed by atoms with Gasteiger partial charge in [-0.15, -0.1) is 0 Å². The molecule has 3 heterocycles. The Bertz CT molecular complexity index is 515. The van der Waals surface area contributed by atoms with Crippen LogP contribution in [0.1, 0.15) is 43.9 Å². The molecule has 5 nitrogen and oxygen atoms in total. The van der Waals surface area contributed by atoms with E-state index in [-0.39, 0.29) is 5.91 Å². The van der Waals surface area contributed by atoms with E-state index in [0.717, 1.165) is 63.4 Å². The maximum atomic E-state index is 12.5. The van der Waals surface area contributed by atoms with Crippen molar-refractivity contribution in [3.05, 3.63) is 17.2 Å². The van der Waals surface area contributed by atoms with Crippen LogP contribution in [0.4, 0.5) is 0 Å². The molecule has 0 saturated carbocycles. The number of likely N-dealkylation sites (tertiary alicyclic amines) is 1. The molecule has 1 N–H and O–H groups in total. The van der Waals surface area contributed by atoms with E-state index < -0.39 is 0 Å². The Labute approximate surface area is 126 Å². The first-order chi connectivity index (χ1) is 10.1. The Balaban J connectivity index is 1.84. The average molecular weight is 290 g/mol. The molecule has 1 saturated heterocycles. The van der Waals surface area contributed by atoms with E-state index in [4.69, 9.17) is 4.98 Å². The minimum atomic E-state index is 0.260. The molecule has 0 aliphatic carbocycles. The number of amides is 1. The van der Waals surface area contributed by atoms with Gasteiger partial charge in [-0.25, -0.2) is 4.98 Å². The van der Waals surface area contributed by atoms with E-state index in [1.807, 2.05) is 4.90 Å². The highest BCUT2D eigenvalue weighted by Crippen LogP contribution is 2.19. The van der Waals surface area contributed by atoms with Gasteiger partial charge in [0.15, 0.2) is 0 Å². The van der Waals surface area contributed by atoms with E-state index in [9.17, 15) is 4.79 Å². The SMILES string of the molecule is CC(C)Cc1nc2c(n1CC(=O)N1CCCC1)CCNC2. The van der Waals surface area contributed by atoms with Crippen LogP contribution in [-0.2, 0) is 30.7 Å². The summed E-state index contributed by atoms with van der Waals surface area (Å²) in [6.07, 6.45) is 4.22. The van der Waals surface area contributed by atoms with Crippen molar-refractivity contribution in [1.29, 1.82) is 0 Å². The number of carbonyl (C=O) groups excluding carboxylic acids is 1. The Kier molecular flexibility index (Phi) is 4.29. The van der Waals surface area contributed by atoms with Crippen molar-refractivity contribution >= 4 is 5.91 Å². The van der Waals surface area contributed by atoms with Crippen LogP contribution in [0.25, 0.3) is 0 Å². The van der Waals surface area contributed by atoms with E-state index in [2.05, 4.69) is 23.7 Å². The van der Waals surface area contributed by atoms with Crippen molar-refractivity contribution in [1.82, 2.24) is 19.8 Å². The monoisotopic (exact) mass is 290 g/mol. The van der Waals surface area contributed by atoms with Crippen LogP contribution in [0.2, 0.25) is 0 Å². The Morgan fingerprint density at radius 3 is 2.81 bits per heavy atom. The fourth-order valence-corrected chi connectivity index (χ4v) is 3.34. The van der Waals surface area contributed by atoms with Crippen molar-refractivity contribution in [3.8, 4) is 0 Å². The molecule has 0 radical (unpaired) electrons. The zero-order valence-electron chi connectivity index (χ0n) is 13.2. The lowest BCUT2D eigenvalue weighted by molar-refractivity contribution is -0.130. The predicted molar refractivity (Wildman–Crippen MR) is 82.0 cm³/mol. The molecule has 1 amide bonds. The minimum absolute atomic E-state index is 0.260. The van der Waals surface area contributed by atoms with Crippen molar-refractivity contribution in [3.63, 3.8) is 0 Å². The minimum Gasteiger partial charge on any atom is -0.341 e. The first-order valence-electron chi connectivity index (χ1n) is 8.21. The molecule has 0 spiro atoms. The first kappa shape index (κ1) is 14.6. The Morgan fingerprint density at radius 2 is 2.10 bits per heavy atom. The Hall–Kier alpha value is -1.36. The smallest absolute Gasteiger partial charge is 0.242 e. The molecule has 1 aromatic rings. The molecule has 0 atom stereocenters. The Morgan fingerprint density at radius 1 is 1.33 bits per heavy atom. The molecule has 1 fully saturated rings. The summed E-state index contributed by atoms with van der Waals surface area (Å²) >= 11 is 0. The largest absolute Gasteiger partial charge is 0.341 e. The molecule has 0 bridgehead atoms. The van der Waals surface area contributed by atoms with Crippen LogP contribution in [0, 0.1) is 5.92 Å². The molecule has 1 aromatic heterocycles. The van der Waals surface area contributed by atoms with Gasteiger partial charge in [0, 0.05) is 44.7 Å². The number of hydrogen-bond donors (Lipinski definition) is 1. The number of nitrogens with one attached hydrogen (secondary N) is 1. The molecule has 2 aliphatic heterocycles. The fourth-order valence-electron chi connectivity index (χ4n) is 3.34. The van der Waals surface area contributed by atoms with Gasteiger partial charge < -0.3 is 14.8 Å². The van der Waals surface area contributed by atoms with Crippen LogP contribution in [0.15, 0.2) is 0 Å². The van der Waals surface area contributed by atoms with Gasteiger partial charge in [-0.2, -0.15) is 0 Å². The molecule has 2 aliphatic rings. The second kappa shape index (κ2) is 6.18. The van der Waals surface area contributed by atoms with Crippen LogP contribution in [0.3, 0.4) is 0 Å². The summed E-state index contributed by atoms with van der Waals surface area (Å²) in [6, 6.07) is 0. The fraction of sp³-hybridized carbons (Fsp3) is 0.750.